The second-order valence-corrected chi connectivity index (χ2v) is 10.9. The lowest BCUT2D eigenvalue weighted by Crippen LogP contribution is -2.46. The van der Waals surface area contributed by atoms with Crippen molar-refractivity contribution in [2.45, 2.75) is 39.9 Å². The SMILES string of the molecule is CCN(CC)CCc1ccc(Nc2ncc3c(n2)N(C)C(=O)N(c2cc(NC(=O)c4cccc(C(F)(F)F)c4)ccc2C)C3)cn1. The zero-order valence-corrected chi connectivity index (χ0v) is 26.0. The Kier molecular flexibility index (Phi) is 9.52. The maximum Gasteiger partial charge on any atom is 0.416 e. The summed E-state index contributed by atoms with van der Waals surface area (Å²) in [6.07, 6.45) is -0.330. The number of alkyl halides is 3. The standard InChI is InChI=1S/C33H35F3N8O2/c1-5-43(6-2)15-14-25-12-13-27(19-37-25)40-31-38-18-23-20-44(32(46)42(4)29(23)41-31)28-17-26(11-10-21(28)3)39-30(45)22-8-7-9-24(16-22)33(34,35)36/h7-13,16-19H,5-6,14-15,20H2,1-4H3,(H,39,45)(H,38,40,41). The number of amides is 3. The number of pyridine rings is 1. The molecule has 2 aromatic heterocycles. The number of fused-ring (bicyclic) bond motifs is 1. The molecule has 0 atom stereocenters. The van der Waals surface area contributed by atoms with Crippen molar-refractivity contribution in [1.82, 2.24) is 19.9 Å². The van der Waals surface area contributed by atoms with Crippen LogP contribution in [0.1, 0.15) is 46.6 Å². The smallest absolute Gasteiger partial charge is 0.323 e. The van der Waals surface area contributed by atoms with Gasteiger partial charge in [-0.1, -0.05) is 26.0 Å². The summed E-state index contributed by atoms with van der Waals surface area (Å²) in [4.78, 5) is 45.3. The molecule has 0 bridgehead atoms. The average Bonchev–Trinajstić information content (AvgIpc) is 3.05. The van der Waals surface area contributed by atoms with Crippen LogP contribution in [-0.4, -0.2) is 58.5 Å². The summed E-state index contributed by atoms with van der Waals surface area (Å²) in [7, 11) is 1.62. The van der Waals surface area contributed by atoms with E-state index in [1.165, 1.54) is 21.9 Å². The van der Waals surface area contributed by atoms with Gasteiger partial charge in [-0.2, -0.15) is 18.2 Å². The molecule has 1 aliphatic heterocycles. The van der Waals surface area contributed by atoms with E-state index in [0.717, 1.165) is 55.1 Å². The molecule has 5 rings (SSSR count). The van der Waals surface area contributed by atoms with Crippen LogP contribution in [0.4, 0.5) is 46.8 Å². The molecule has 0 unspecified atom stereocenters. The van der Waals surface area contributed by atoms with Crippen LogP contribution in [0.25, 0.3) is 0 Å². The highest BCUT2D eigenvalue weighted by Gasteiger charge is 2.32. The molecule has 3 heterocycles. The van der Waals surface area contributed by atoms with E-state index in [-0.39, 0.29) is 18.1 Å². The lowest BCUT2D eigenvalue weighted by atomic mass is 10.1. The molecule has 0 saturated carbocycles. The van der Waals surface area contributed by atoms with Gasteiger partial charge in [-0.3, -0.25) is 19.6 Å². The Bertz CT molecular complexity index is 1730. The molecule has 4 aromatic rings. The Balaban J connectivity index is 1.29. The van der Waals surface area contributed by atoms with Crippen molar-refractivity contribution in [3.8, 4) is 0 Å². The van der Waals surface area contributed by atoms with Gasteiger partial charge in [-0.05, 0) is 68.0 Å². The number of carbonyl (C=O) groups excluding carboxylic acids is 2. The van der Waals surface area contributed by atoms with Crippen LogP contribution in [0.3, 0.4) is 0 Å². The van der Waals surface area contributed by atoms with E-state index in [1.807, 2.05) is 19.1 Å². The maximum absolute atomic E-state index is 13.6. The fraction of sp³-hybridized carbons (Fsp3) is 0.303. The van der Waals surface area contributed by atoms with Gasteiger partial charge >= 0.3 is 12.2 Å². The van der Waals surface area contributed by atoms with Crippen LogP contribution in [0.15, 0.2) is 67.0 Å². The Morgan fingerprint density at radius 2 is 1.76 bits per heavy atom. The number of aromatic nitrogens is 3. The second kappa shape index (κ2) is 13.5. The molecule has 10 nitrogen and oxygen atoms in total. The second-order valence-electron chi connectivity index (χ2n) is 10.9. The first kappa shape index (κ1) is 32.4. The van der Waals surface area contributed by atoms with E-state index in [1.54, 1.807) is 37.6 Å². The van der Waals surface area contributed by atoms with E-state index >= 15 is 0 Å². The molecule has 46 heavy (non-hydrogen) atoms. The molecule has 0 radical (unpaired) electrons. The van der Waals surface area contributed by atoms with Gasteiger partial charge in [-0.15, -0.1) is 0 Å². The molecule has 2 N–H and O–H groups in total. The quantitative estimate of drug-likeness (QED) is 0.202. The minimum Gasteiger partial charge on any atom is -0.323 e. The van der Waals surface area contributed by atoms with Gasteiger partial charge in [0.05, 0.1) is 29.7 Å². The number of nitrogens with zero attached hydrogens (tertiary/aromatic N) is 6. The fourth-order valence-electron chi connectivity index (χ4n) is 5.16. The Labute approximate surface area is 265 Å². The average molecular weight is 633 g/mol. The minimum absolute atomic E-state index is 0.136. The molecule has 240 valence electrons. The molecule has 0 fully saturated rings. The number of rotatable bonds is 10. The number of nitrogens with one attached hydrogen (secondary N) is 2. The summed E-state index contributed by atoms with van der Waals surface area (Å²) < 4.78 is 39.4. The van der Waals surface area contributed by atoms with Gasteiger partial charge in [0.25, 0.3) is 5.91 Å². The van der Waals surface area contributed by atoms with E-state index in [2.05, 4.69) is 44.3 Å². The molecule has 1 aliphatic rings. The monoisotopic (exact) mass is 632 g/mol. The van der Waals surface area contributed by atoms with E-state index < -0.39 is 17.6 Å². The first-order chi connectivity index (χ1) is 22.0. The maximum atomic E-state index is 13.6. The third-order valence-electron chi connectivity index (χ3n) is 7.88. The number of benzene rings is 2. The zero-order valence-electron chi connectivity index (χ0n) is 26.0. The van der Waals surface area contributed by atoms with Crippen LogP contribution >= 0.6 is 0 Å². The lowest BCUT2D eigenvalue weighted by molar-refractivity contribution is -0.137. The normalized spacial score (nSPS) is 13.2. The summed E-state index contributed by atoms with van der Waals surface area (Å²) in [6, 6.07) is 12.7. The highest BCUT2D eigenvalue weighted by molar-refractivity contribution is 6.07. The number of anilines is 5. The van der Waals surface area contributed by atoms with E-state index in [0.29, 0.717) is 28.7 Å². The van der Waals surface area contributed by atoms with Crippen molar-refractivity contribution < 1.29 is 22.8 Å². The van der Waals surface area contributed by atoms with Gasteiger partial charge in [0.1, 0.15) is 5.82 Å². The molecular formula is C33H35F3N8O2. The first-order valence-electron chi connectivity index (χ1n) is 14.9. The number of likely N-dealkylation sites (N-methyl/N-ethyl adjacent to an activating group) is 1. The van der Waals surface area contributed by atoms with E-state index in [4.69, 9.17) is 0 Å². The molecule has 0 aliphatic carbocycles. The number of hydrogen-bond donors (Lipinski definition) is 2. The van der Waals surface area contributed by atoms with Crippen LogP contribution < -0.4 is 20.4 Å². The van der Waals surface area contributed by atoms with Crippen LogP contribution in [-0.2, 0) is 19.1 Å². The van der Waals surface area contributed by atoms with Gasteiger partial charge in [0, 0.05) is 48.7 Å². The summed E-state index contributed by atoms with van der Waals surface area (Å²) in [5.74, 6) is 0.0699. The van der Waals surface area contributed by atoms with Crippen LogP contribution in [0, 0.1) is 6.92 Å². The van der Waals surface area contributed by atoms with Crippen molar-refractivity contribution in [1.29, 1.82) is 0 Å². The zero-order chi connectivity index (χ0) is 33.0. The Morgan fingerprint density at radius 1 is 1.00 bits per heavy atom. The minimum atomic E-state index is -4.57. The van der Waals surface area contributed by atoms with Gasteiger partial charge in [0.15, 0.2) is 0 Å². The fourth-order valence-corrected chi connectivity index (χ4v) is 5.16. The number of urea groups is 1. The predicted octanol–water partition coefficient (Wildman–Crippen LogP) is 6.66. The number of carbonyl (C=O) groups is 2. The molecule has 0 saturated heterocycles. The topological polar surface area (TPSA) is 107 Å². The molecule has 0 spiro atoms. The van der Waals surface area contributed by atoms with Crippen molar-refractivity contribution in [2.24, 2.45) is 0 Å². The number of halogens is 3. The largest absolute Gasteiger partial charge is 0.416 e. The van der Waals surface area contributed by atoms with Crippen molar-refractivity contribution in [3.05, 3.63) is 94.9 Å². The summed E-state index contributed by atoms with van der Waals surface area (Å²) in [6.45, 7) is 9.21. The third-order valence-corrected chi connectivity index (χ3v) is 7.88. The third kappa shape index (κ3) is 7.26. The van der Waals surface area contributed by atoms with Gasteiger partial charge in [-0.25, -0.2) is 9.78 Å². The molecule has 2 aromatic carbocycles. The highest BCUT2D eigenvalue weighted by atomic mass is 19.4. The highest BCUT2D eigenvalue weighted by Crippen LogP contribution is 2.34. The number of hydrogen-bond acceptors (Lipinski definition) is 7. The summed E-state index contributed by atoms with van der Waals surface area (Å²) in [5, 5.41) is 5.80. The molecule has 13 heteroatoms. The number of aryl methyl sites for hydroxylation is 1. The van der Waals surface area contributed by atoms with Crippen molar-refractivity contribution >= 4 is 40.8 Å². The predicted molar refractivity (Wildman–Crippen MR) is 172 cm³/mol. The molecular weight excluding hydrogens is 597 g/mol. The lowest BCUT2D eigenvalue weighted by Gasteiger charge is -2.35. The summed E-state index contributed by atoms with van der Waals surface area (Å²) >= 11 is 0. The summed E-state index contributed by atoms with van der Waals surface area (Å²) in [5.41, 5.74) is 2.97. The van der Waals surface area contributed by atoms with E-state index in [9.17, 15) is 22.8 Å². The van der Waals surface area contributed by atoms with Gasteiger partial charge in [0.2, 0.25) is 5.95 Å². The Hall–Kier alpha value is -5.04. The Morgan fingerprint density at radius 3 is 2.46 bits per heavy atom. The first-order valence-corrected chi connectivity index (χ1v) is 14.9. The van der Waals surface area contributed by atoms with Crippen LogP contribution in [0.2, 0.25) is 0 Å². The van der Waals surface area contributed by atoms with Gasteiger partial charge < -0.3 is 15.5 Å². The van der Waals surface area contributed by atoms with Crippen molar-refractivity contribution in [2.75, 3.05) is 47.1 Å². The van der Waals surface area contributed by atoms with Crippen LogP contribution in [0.5, 0.6) is 0 Å². The molecule has 3 amide bonds. The van der Waals surface area contributed by atoms with Crippen molar-refractivity contribution in [3.63, 3.8) is 0 Å².